The molecule has 5 nitrogen and oxygen atoms in total. The fourth-order valence-electron chi connectivity index (χ4n) is 2.39. The number of likely N-dealkylation sites (tertiary alicyclic amines) is 1. The van der Waals surface area contributed by atoms with Crippen LogP contribution in [-0.2, 0) is 11.3 Å². The highest BCUT2D eigenvalue weighted by Crippen LogP contribution is 2.18. The van der Waals surface area contributed by atoms with E-state index in [1.165, 1.54) is 0 Å². The molecule has 1 heterocycles. The first-order valence-corrected chi connectivity index (χ1v) is 7.50. The van der Waals surface area contributed by atoms with Crippen LogP contribution in [0, 0.1) is 0 Å². The lowest BCUT2D eigenvalue weighted by Gasteiger charge is -2.18. The van der Waals surface area contributed by atoms with Gasteiger partial charge in [0.15, 0.2) is 0 Å². The van der Waals surface area contributed by atoms with Crippen molar-refractivity contribution in [2.45, 2.75) is 32.4 Å². The minimum absolute atomic E-state index is 0.0418. The summed E-state index contributed by atoms with van der Waals surface area (Å²) in [4.78, 5) is 13.9. The molecule has 0 bridgehead atoms. The van der Waals surface area contributed by atoms with E-state index in [2.05, 4.69) is 12.2 Å². The van der Waals surface area contributed by atoms with Gasteiger partial charge in [-0.15, -0.1) is 0 Å². The van der Waals surface area contributed by atoms with Gasteiger partial charge in [-0.2, -0.15) is 0 Å². The lowest BCUT2D eigenvalue weighted by molar-refractivity contribution is 0.110. The molecule has 0 aromatic heterocycles. The van der Waals surface area contributed by atoms with Gasteiger partial charge in [-0.1, -0.05) is 25.1 Å². The Labute approximate surface area is 126 Å². The van der Waals surface area contributed by atoms with Gasteiger partial charge in [0.05, 0.1) is 12.7 Å². The van der Waals surface area contributed by atoms with Crippen molar-refractivity contribution in [1.82, 2.24) is 10.2 Å². The number of hydrogen-bond donors (Lipinski definition) is 1. The van der Waals surface area contributed by atoms with Gasteiger partial charge in [0.2, 0.25) is 0 Å². The van der Waals surface area contributed by atoms with Gasteiger partial charge in [0, 0.05) is 32.3 Å². The van der Waals surface area contributed by atoms with Crippen LogP contribution < -0.4 is 10.1 Å². The standard InChI is InChI=1S/C16H24N2O3/c1-3-10-21-15-7-5-4-6-13(15)11-17-16(19)18-9-8-14(12-18)20-2/h4-7,14H,3,8-12H2,1-2H3,(H,17,19). The molecule has 0 saturated carbocycles. The predicted octanol–water partition coefficient (Wildman–Crippen LogP) is 2.41. The Kier molecular flexibility index (Phi) is 5.87. The third kappa shape index (κ3) is 4.36. The van der Waals surface area contributed by atoms with Gasteiger partial charge in [0.1, 0.15) is 5.75 Å². The zero-order chi connectivity index (χ0) is 15.1. The quantitative estimate of drug-likeness (QED) is 0.876. The van der Waals surface area contributed by atoms with E-state index in [9.17, 15) is 4.79 Å². The van der Waals surface area contributed by atoms with Crippen molar-refractivity contribution in [2.75, 3.05) is 26.8 Å². The van der Waals surface area contributed by atoms with Gasteiger partial charge in [0.25, 0.3) is 0 Å². The lowest BCUT2D eigenvalue weighted by Crippen LogP contribution is -2.38. The first-order chi connectivity index (χ1) is 10.2. The molecular weight excluding hydrogens is 268 g/mol. The van der Waals surface area contributed by atoms with Crippen molar-refractivity contribution in [1.29, 1.82) is 0 Å². The Morgan fingerprint density at radius 1 is 1.43 bits per heavy atom. The van der Waals surface area contributed by atoms with E-state index in [0.29, 0.717) is 19.7 Å². The fraction of sp³-hybridized carbons (Fsp3) is 0.562. The summed E-state index contributed by atoms with van der Waals surface area (Å²) >= 11 is 0. The molecule has 5 heteroatoms. The molecule has 1 fully saturated rings. The summed E-state index contributed by atoms with van der Waals surface area (Å²) in [6, 6.07) is 7.78. The van der Waals surface area contributed by atoms with Crippen molar-refractivity contribution < 1.29 is 14.3 Å². The molecule has 0 aliphatic carbocycles. The molecule has 1 aromatic rings. The number of urea groups is 1. The minimum atomic E-state index is -0.0418. The molecule has 1 aliphatic heterocycles. The largest absolute Gasteiger partial charge is 0.493 e. The Morgan fingerprint density at radius 3 is 2.95 bits per heavy atom. The Hall–Kier alpha value is -1.75. The van der Waals surface area contributed by atoms with E-state index in [1.54, 1.807) is 12.0 Å². The van der Waals surface area contributed by atoms with Crippen molar-refractivity contribution >= 4 is 6.03 Å². The number of nitrogens with one attached hydrogen (secondary N) is 1. The second kappa shape index (κ2) is 7.88. The number of carbonyl (C=O) groups excluding carboxylic acids is 1. The number of carbonyl (C=O) groups is 1. The number of amides is 2. The zero-order valence-corrected chi connectivity index (χ0v) is 12.8. The van der Waals surface area contributed by atoms with Crippen molar-refractivity contribution in [3.63, 3.8) is 0 Å². The van der Waals surface area contributed by atoms with Crippen molar-refractivity contribution in [2.24, 2.45) is 0 Å². The van der Waals surface area contributed by atoms with Gasteiger partial charge in [-0.3, -0.25) is 0 Å². The summed E-state index contributed by atoms with van der Waals surface area (Å²) in [5.41, 5.74) is 1.00. The molecule has 1 aliphatic rings. The minimum Gasteiger partial charge on any atom is -0.493 e. The molecular formula is C16H24N2O3. The molecule has 1 N–H and O–H groups in total. The van der Waals surface area contributed by atoms with Crippen LogP contribution in [-0.4, -0.2) is 43.8 Å². The first kappa shape index (κ1) is 15.6. The second-order valence-electron chi connectivity index (χ2n) is 5.21. The van der Waals surface area contributed by atoms with Crippen molar-refractivity contribution in [3.8, 4) is 5.75 Å². The Bertz CT molecular complexity index is 465. The maximum atomic E-state index is 12.1. The number of rotatable bonds is 6. The van der Waals surface area contributed by atoms with Gasteiger partial charge >= 0.3 is 6.03 Å². The summed E-state index contributed by atoms with van der Waals surface area (Å²) in [5.74, 6) is 0.843. The van der Waals surface area contributed by atoms with Crippen LogP contribution >= 0.6 is 0 Å². The predicted molar refractivity (Wildman–Crippen MR) is 81.5 cm³/mol. The topological polar surface area (TPSA) is 50.8 Å². The van der Waals surface area contributed by atoms with E-state index in [0.717, 1.165) is 30.7 Å². The molecule has 21 heavy (non-hydrogen) atoms. The smallest absolute Gasteiger partial charge is 0.317 e. The SMILES string of the molecule is CCCOc1ccccc1CNC(=O)N1CCC(OC)C1. The third-order valence-electron chi connectivity index (χ3n) is 3.63. The summed E-state index contributed by atoms with van der Waals surface area (Å²) in [6.45, 7) is 4.65. The van der Waals surface area contributed by atoms with Gasteiger partial charge < -0.3 is 19.7 Å². The van der Waals surface area contributed by atoms with Crippen LogP contribution in [0.2, 0.25) is 0 Å². The molecule has 1 unspecified atom stereocenters. The highest BCUT2D eigenvalue weighted by atomic mass is 16.5. The van der Waals surface area contributed by atoms with Crippen LogP contribution in [0.15, 0.2) is 24.3 Å². The van der Waals surface area contributed by atoms with E-state index >= 15 is 0 Å². The van der Waals surface area contributed by atoms with E-state index < -0.39 is 0 Å². The fourth-order valence-corrected chi connectivity index (χ4v) is 2.39. The summed E-state index contributed by atoms with van der Waals surface area (Å²) in [6.07, 6.45) is 2.03. The van der Waals surface area contributed by atoms with E-state index in [-0.39, 0.29) is 12.1 Å². The molecule has 1 atom stereocenters. The van der Waals surface area contributed by atoms with E-state index in [1.807, 2.05) is 24.3 Å². The lowest BCUT2D eigenvalue weighted by atomic mass is 10.2. The Balaban J connectivity index is 1.86. The Morgan fingerprint density at radius 2 is 2.24 bits per heavy atom. The van der Waals surface area contributed by atoms with Crippen LogP contribution in [0.1, 0.15) is 25.3 Å². The average Bonchev–Trinajstić information content (AvgIpc) is 3.00. The number of hydrogen-bond acceptors (Lipinski definition) is 3. The molecule has 116 valence electrons. The first-order valence-electron chi connectivity index (χ1n) is 7.50. The van der Waals surface area contributed by atoms with Crippen LogP contribution in [0.25, 0.3) is 0 Å². The number of para-hydroxylation sites is 1. The molecule has 2 rings (SSSR count). The molecule has 2 amide bonds. The second-order valence-corrected chi connectivity index (χ2v) is 5.21. The molecule has 1 aromatic carbocycles. The number of benzene rings is 1. The summed E-state index contributed by atoms with van der Waals surface area (Å²) < 4.78 is 11.0. The number of methoxy groups -OCH3 is 1. The van der Waals surface area contributed by atoms with Gasteiger partial charge in [-0.25, -0.2) is 4.79 Å². The monoisotopic (exact) mass is 292 g/mol. The summed E-state index contributed by atoms with van der Waals surface area (Å²) in [5, 5.41) is 2.95. The molecule has 0 radical (unpaired) electrons. The zero-order valence-electron chi connectivity index (χ0n) is 12.8. The number of nitrogens with zero attached hydrogens (tertiary/aromatic N) is 1. The maximum absolute atomic E-state index is 12.1. The van der Waals surface area contributed by atoms with Gasteiger partial charge in [-0.05, 0) is 18.9 Å². The number of ether oxygens (including phenoxy) is 2. The van der Waals surface area contributed by atoms with Crippen molar-refractivity contribution in [3.05, 3.63) is 29.8 Å². The molecule has 1 saturated heterocycles. The van der Waals surface area contributed by atoms with Crippen LogP contribution in [0.3, 0.4) is 0 Å². The van der Waals surface area contributed by atoms with E-state index in [4.69, 9.17) is 9.47 Å². The normalized spacial score (nSPS) is 17.8. The average molecular weight is 292 g/mol. The highest BCUT2D eigenvalue weighted by Gasteiger charge is 2.25. The maximum Gasteiger partial charge on any atom is 0.317 e. The molecule has 0 spiro atoms. The van der Waals surface area contributed by atoms with Crippen LogP contribution in [0.5, 0.6) is 5.75 Å². The summed E-state index contributed by atoms with van der Waals surface area (Å²) in [7, 11) is 1.69. The highest BCUT2D eigenvalue weighted by molar-refractivity contribution is 5.74. The van der Waals surface area contributed by atoms with Crippen LogP contribution in [0.4, 0.5) is 4.79 Å². The third-order valence-corrected chi connectivity index (χ3v) is 3.63.